The summed E-state index contributed by atoms with van der Waals surface area (Å²) in [4.78, 5) is 0. The Kier molecular flexibility index (Phi) is 7.75. The van der Waals surface area contributed by atoms with Gasteiger partial charge < -0.3 is 5.73 Å². The highest BCUT2D eigenvalue weighted by Gasteiger charge is 2.27. The molecule has 0 aromatic carbocycles. The second-order valence-corrected chi connectivity index (χ2v) is 7.74. The van der Waals surface area contributed by atoms with Crippen molar-refractivity contribution >= 4 is 11.8 Å². The maximum Gasteiger partial charge on any atom is 0.135 e. The molecule has 0 bridgehead atoms. The predicted molar refractivity (Wildman–Crippen MR) is 94.2 cm³/mol. The van der Waals surface area contributed by atoms with E-state index in [1.807, 2.05) is 0 Å². The van der Waals surface area contributed by atoms with Crippen molar-refractivity contribution in [3.8, 4) is 0 Å². The van der Waals surface area contributed by atoms with Gasteiger partial charge in [-0.3, -0.25) is 0 Å². The van der Waals surface area contributed by atoms with Gasteiger partial charge in [-0.25, -0.2) is 4.39 Å². The van der Waals surface area contributed by atoms with Crippen LogP contribution in [0.15, 0.2) is 34.9 Å². The summed E-state index contributed by atoms with van der Waals surface area (Å²) in [6.07, 6.45) is 10.1. The van der Waals surface area contributed by atoms with E-state index in [0.717, 1.165) is 31.6 Å². The van der Waals surface area contributed by atoms with Gasteiger partial charge in [0.25, 0.3) is 0 Å². The molecule has 0 amide bonds. The van der Waals surface area contributed by atoms with E-state index in [1.165, 1.54) is 28.5 Å². The summed E-state index contributed by atoms with van der Waals surface area (Å²) >= 11 is 1.38. The molecule has 1 rings (SSSR count). The Morgan fingerprint density at radius 3 is 2.52 bits per heavy atom. The van der Waals surface area contributed by atoms with Crippen LogP contribution in [0, 0.1) is 11.3 Å². The third kappa shape index (κ3) is 5.99. The minimum atomic E-state index is -0.308. The van der Waals surface area contributed by atoms with Crippen LogP contribution in [-0.2, 0) is 0 Å². The first-order valence-electron chi connectivity index (χ1n) is 7.83. The van der Waals surface area contributed by atoms with Crippen LogP contribution in [0.5, 0.6) is 0 Å². The first kappa shape index (κ1) is 18.5. The zero-order valence-corrected chi connectivity index (χ0v) is 14.7. The summed E-state index contributed by atoms with van der Waals surface area (Å²) in [6, 6.07) is -0.308. The molecule has 1 unspecified atom stereocenters. The Morgan fingerprint density at radius 2 is 1.95 bits per heavy atom. The van der Waals surface area contributed by atoms with Gasteiger partial charge in [0.1, 0.15) is 6.01 Å². The van der Waals surface area contributed by atoms with E-state index < -0.39 is 0 Å². The summed E-state index contributed by atoms with van der Waals surface area (Å²) in [6.45, 7) is 9.68. The Hall–Kier alpha value is -0.540. The van der Waals surface area contributed by atoms with Crippen molar-refractivity contribution in [2.45, 2.75) is 47.0 Å². The molecule has 3 heteroatoms. The van der Waals surface area contributed by atoms with Crippen LogP contribution in [0.1, 0.15) is 47.0 Å². The second-order valence-electron chi connectivity index (χ2n) is 6.78. The van der Waals surface area contributed by atoms with E-state index in [4.69, 9.17) is 5.73 Å². The van der Waals surface area contributed by atoms with Gasteiger partial charge in [0.05, 0.1) is 0 Å². The zero-order valence-electron chi connectivity index (χ0n) is 13.9. The lowest BCUT2D eigenvalue weighted by molar-refractivity contribution is 0.457. The largest absolute Gasteiger partial charge is 0.330 e. The molecule has 1 aliphatic rings. The van der Waals surface area contributed by atoms with Gasteiger partial charge in [-0.2, -0.15) is 0 Å². The fraction of sp³-hybridized carbons (Fsp3) is 0.667. The molecule has 0 aromatic heterocycles. The molecular weight excluding hydrogens is 281 g/mol. The van der Waals surface area contributed by atoms with Crippen molar-refractivity contribution < 1.29 is 4.39 Å². The van der Waals surface area contributed by atoms with Gasteiger partial charge in [0.15, 0.2) is 0 Å². The number of unbranched alkanes of at least 4 members (excludes halogenated alkanes) is 1. The highest BCUT2D eigenvalue weighted by atomic mass is 32.2. The van der Waals surface area contributed by atoms with Gasteiger partial charge in [-0.05, 0) is 43.7 Å². The molecule has 0 aromatic rings. The van der Waals surface area contributed by atoms with E-state index in [1.54, 1.807) is 0 Å². The fourth-order valence-corrected chi connectivity index (χ4v) is 3.47. The average molecular weight is 312 g/mol. The number of halogens is 1. The van der Waals surface area contributed by atoms with Crippen molar-refractivity contribution in [3.05, 3.63) is 34.9 Å². The fourth-order valence-electron chi connectivity index (χ4n) is 2.70. The minimum Gasteiger partial charge on any atom is -0.330 e. The summed E-state index contributed by atoms with van der Waals surface area (Å²) in [5, 5.41) is 0. The highest BCUT2D eigenvalue weighted by molar-refractivity contribution is 7.99. The SMILES string of the molecule is CC1=CC=C(CCCCN)C=C(C(C)(C)C)C1CSCF. The smallest absolute Gasteiger partial charge is 0.135 e. The van der Waals surface area contributed by atoms with Crippen molar-refractivity contribution in [1.29, 1.82) is 0 Å². The van der Waals surface area contributed by atoms with E-state index in [-0.39, 0.29) is 11.4 Å². The molecule has 0 radical (unpaired) electrons. The predicted octanol–water partition coefficient (Wildman–Crippen LogP) is 5.25. The number of rotatable bonds is 7. The van der Waals surface area contributed by atoms with Crippen LogP contribution in [0.2, 0.25) is 0 Å². The summed E-state index contributed by atoms with van der Waals surface area (Å²) in [7, 11) is 0. The van der Waals surface area contributed by atoms with Crippen LogP contribution >= 0.6 is 11.8 Å². The molecule has 1 nitrogen and oxygen atoms in total. The summed E-state index contributed by atoms with van der Waals surface area (Å²) in [5.74, 6) is 1.17. The van der Waals surface area contributed by atoms with Gasteiger partial charge in [0.2, 0.25) is 0 Å². The molecule has 0 saturated heterocycles. The Morgan fingerprint density at radius 1 is 1.24 bits per heavy atom. The third-order valence-corrected chi connectivity index (χ3v) is 4.70. The van der Waals surface area contributed by atoms with Crippen LogP contribution in [0.25, 0.3) is 0 Å². The van der Waals surface area contributed by atoms with E-state index >= 15 is 0 Å². The Bertz CT molecular complexity index is 415. The monoisotopic (exact) mass is 311 g/mol. The molecule has 0 fully saturated rings. The van der Waals surface area contributed by atoms with Crippen LogP contribution in [0.3, 0.4) is 0 Å². The second kappa shape index (κ2) is 8.79. The van der Waals surface area contributed by atoms with Crippen molar-refractivity contribution in [1.82, 2.24) is 0 Å². The van der Waals surface area contributed by atoms with E-state index in [0.29, 0.717) is 5.92 Å². The maximum absolute atomic E-state index is 12.6. The molecule has 21 heavy (non-hydrogen) atoms. The highest BCUT2D eigenvalue weighted by Crippen LogP contribution is 2.39. The lowest BCUT2D eigenvalue weighted by atomic mass is 9.76. The molecule has 1 aliphatic carbocycles. The van der Waals surface area contributed by atoms with Gasteiger partial charge in [-0.15, -0.1) is 11.8 Å². The number of hydrogen-bond acceptors (Lipinski definition) is 2. The lowest BCUT2D eigenvalue weighted by Crippen LogP contribution is -2.21. The van der Waals surface area contributed by atoms with Crippen molar-refractivity contribution in [2.75, 3.05) is 18.3 Å². The molecular formula is C18H30FNS. The number of alkyl halides is 1. The Balaban J connectivity index is 3.00. The Labute approximate surface area is 133 Å². The van der Waals surface area contributed by atoms with Gasteiger partial charge >= 0.3 is 0 Å². The quantitative estimate of drug-likeness (QED) is 0.650. The molecule has 0 saturated carbocycles. The standard InChI is InChI=1S/C18H30FNS/c1-14-8-9-15(7-5-6-10-20)11-17(18(2,3)4)16(14)12-21-13-19/h8-9,11,16H,5-7,10,12-13,20H2,1-4H3. The molecule has 0 heterocycles. The summed E-state index contributed by atoms with van der Waals surface area (Å²) < 4.78 is 12.6. The van der Waals surface area contributed by atoms with Crippen LogP contribution < -0.4 is 5.73 Å². The molecule has 0 spiro atoms. The molecule has 120 valence electrons. The zero-order chi connectivity index (χ0) is 15.9. The number of hydrogen-bond donors (Lipinski definition) is 1. The normalized spacial score (nSPS) is 19.7. The average Bonchev–Trinajstić information content (AvgIpc) is 2.57. The van der Waals surface area contributed by atoms with Crippen LogP contribution in [0.4, 0.5) is 4.39 Å². The minimum absolute atomic E-state index is 0.105. The van der Waals surface area contributed by atoms with Gasteiger partial charge in [-0.1, -0.05) is 50.1 Å². The van der Waals surface area contributed by atoms with Gasteiger partial charge in [0, 0.05) is 11.7 Å². The number of allylic oxidation sites excluding steroid dienone is 6. The van der Waals surface area contributed by atoms with E-state index in [2.05, 4.69) is 45.9 Å². The summed E-state index contributed by atoms with van der Waals surface area (Å²) in [5.41, 5.74) is 9.83. The molecule has 1 atom stereocenters. The third-order valence-electron chi connectivity index (χ3n) is 3.97. The molecule has 2 N–H and O–H groups in total. The number of nitrogens with two attached hydrogens (primary N) is 1. The number of thioether (sulfide) groups is 1. The first-order valence-corrected chi connectivity index (χ1v) is 8.98. The lowest BCUT2D eigenvalue weighted by Gasteiger charge is -2.31. The van der Waals surface area contributed by atoms with E-state index in [9.17, 15) is 4.39 Å². The molecule has 0 aliphatic heterocycles. The van der Waals surface area contributed by atoms with Crippen molar-refractivity contribution in [3.63, 3.8) is 0 Å². The maximum atomic E-state index is 12.6. The topological polar surface area (TPSA) is 26.0 Å². The first-order chi connectivity index (χ1) is 9.90. The van der Waals surface area contributed by atoms with Crippen LogP contribution in [-0.4, -0.2) is 18.3 Å². The van der Waals surface area contributed by atoms with Crippen molar-refractivity contribution in [2.24, 2.45) is 17.1 Å².